The fraction of sp³-hybridized carbons (Fsp3) is 0.353. The summed E-state index contributed by atoms with van der Waals surface area (Å²) in [6.07, 6.45) is 1.43. The second-order valence-corrected chi connectivity index (χ2v) is 8.05. The molecule has 3 N–H and O–H groups in total. The highest BCUT2D eigenvalue weighted by Gasteiger charge is 2.14. The van der Waals surface area contributed by atoms with Crippen LogP contribution in [-0.2, 0) is 6.54 Å². The maximum absolute atomic E-state index is 12.2. The average molecular weight is 355 g/mol. The van der Waals surface area contributed by atoms with E-state index in [0.717, 1.165) is 11.3 Å². The summed E-state index contributed by atoms with van der Waals surface area (Å²) in [5, 5.41) is 2.90. The summed E-state index contributed by atoms with van der Waals surface area (Å²) in [5.41, 5.74) is 7.80. The van der Waals surface area contributed by atoms with Gasteiger partial charge in [0, 0.05) is 15.3 Å². The Morgan fingerprint density at radius 1 is 1.30 bits per heavy atom. The van der Waals surface area contributed by atoms with E-state index in [-0.39, 0.29) is 29.6 Å². The van der Waals surface area contributed by atoms with Crippen LogP contribution < -0.4 is 11.1 Å². The number of furan rings is 1. The molecule has 4 nitrogen and oxygen atoms in total. The van der Waals surface area contributed by atoms with Gasteiger partial charge in [0.15, 0.2) is 0 Å². The van der Waals surface area contributed by atoms with E-state index in [1.54, 1.807) is 17.8 Å². The van der Waals surface area contributed by atoms with E-state index in [2.05, 4.69) is 32.2 Å². The number of aryl methyl sites for hydroxylation is 1. The molecule has 1 aromatic heterocycles. The zero-order chi connectivity index (χ0) is 16.3. The van der Waals surface area contributed by atoms with Crippen molar-refractivity contribution in [3.8, 4) is 0 Å². The summed E-state index contributed by atoms with van der Waals surface area (Å²) < 4.78 is 5.35. The highest BCUT2D eigenvalue weighted by atomic mass is 35.5. The van der Waals surface area contributed by atoms with Gasteiger partial charge in [-0.25, -0.2) is 0 Å². The molecule has 0 aliphatic carbocycles. The first kappa shape index (κ1) is 19.6. The molecule has 0 spiro atoms. The number of thioether (sulfide) groups is 1. The predicted molar refractivity (Wildman–Crippen MR) is 98.6 cm³/mol. The maximum Gasteiger partial charge on any atom is 0.258 e. The van der Waals surface area contributed by atoms with E-state index in [1.807, 2.05) is 19.1 Å². The number of amides is 1. The van der Waals surface area contributed by atoms with Crippen molar-refractivity contribution in [3.05, 3.63) is 47.4 Å². The van der Waals surface area contributed by atoms with Gasteiger partial charge in [0.1, 0.15) is 12.0 Å². The Balaban J connectivity index is 0.00000264. The van der Waals surface area contributed by atoms with Crippen LogP contribution in [0.4, 0.5) is 5.69 Å². The minimum atomic E-state index is -0.192. The molecule has 0 aliphatic rings. The lowest BCUT2D eigenvalue weighted by Gasteiger charge is -2.18. The molecule has 1 amide bonds. The van der Waals surface area contributed by atoms with Crippen LogP contribution >= 0.6 is 24.2 Å². The standard InChI is InChI=1S/C17H22N2O2S.ClH/c1-11-7-14(22-17(2,3)4)5-6-15(11)19-16(20)12-8-13(9-18)21-10-12;/h5-8,10H,9,18H2,1-4H3,(H,19,20);1H. The average Bonchev–Trinajstić information content (AvgIpc) is 2.89. The third-order valence-electron chi connectivity index (χ3n) is 2.99. The molecular formula is C17H23ClN2O2S. The highest BCUT2D eigenvalue weighted by molar-refractivity contribution is 8.00. The van der Waals surface area contributed by atoms with Gasteiger partial charge in [0.2, 0.25) is 0 Å². The minimum absolute atomic E-state index is 0. The number of benzene rings is 1. The third-order valence-corrected chi connectivity index (χ3v) is 4.09. The van der Waals surface area contributed by atoms with Gasteiger partial charge in [0.25, 0.3) is 5.91 Å². The van der Waals surface area contributed by atoms with Crippen molar-refractivity contribution in [1.82, 2.24) is 0 Å². The molecule has 0 atom stereocenters. The van der Waals surface area contributed by atoms with Gasteiger partial charge in [-0.1, -0.05) is 20.8 Å². The van der Waals surface area contributed by atoms with Gasteiger partial charge < -0.3 is 15.5 Å². The lowest BCUT2D eigenvalue weighted by atomic mass is 10.2. The van der Waals surface area contributed by atoms with Crippen molar-refractivity contribution in [2.45, 2.75) is 43.9 Å². The van der Waals surface area contributed by atoms with Crippen LogP contribution in [0.15, 0.2) is 39.8 Å². The van der Waals surface area contributed by atoms with Crippen LogP contribution in [-0.4, -0.2) is 10.7 Å². The Hall–Kier alpha value is -1.43. The van der Waals surface area contributed by atoms with Gasteiger partial charge >= 0.3 is 0 Å². The Bertz CT molecular complexity index is 677. The van der Waals surface area contributed by atoms with Gasteiger partial charge in [-0.2, -0.15) is 0 Å². The van der Waals surface area contributed by atoms with Gasteiger partial charge in [-0.15, -0.1) is 24.2 Å². The van der Waals surface area contributed by atoms with Crippen molar-refractivity contribution in [2.75, 3.05) is 5.32 Å². The monoisotopic (exact) mass is 354 g/mol. The minimum Gasteiger partial charge on any atom is -0.467 e. The number of halogens is 1. The Labute approximate surface area is 147 Å². The summed E-state index contributed by atoms with van der Waals surface area (Å²) in [7, 11) is 0. The molecule has 0 bridgehead atoms. The topological polar surface area (TPSA) is 68.3 Å². The normalized spacial score (nSPS) is 11.0. The predicted octanol–water partition coefficient (Wildman–Crippen LogP) is 4.61. The number of nitrogens with two attached hydrogens (primary N) is 1. The summed E-state index contributed by atoms with van der Waals surface area (Å²) in [6, 6.07) is 7.71. The molecule has 6 heteroatoms. The number of rotatable bonds is 4. The molecule has 0 fully saturated rings. The molecule has 1 aromatic carbocycles. The molecule has 2 rings (SSSR count). The van der Waals surface area contributed by atoms with E-state index >= 15 is 0 Å². The molecule has 0 unspecified atom stereocenters. The number of hydrogen-bond acceptors (Lipinski definition) is 4. The fourth-order valence-electron chi connectivity index (χ4n) is 1.99. The molecule has 0 saturated carbocycles. The number of anilines is 1. The van der Waals surface area contributed by atoms with Crippen LogP contribution in [0.3, 0.4) is 0 Å². The Morgan fingerprint density at radius 2 is 2.00 bits per heavy atom. The van der Waals surface area contributed by atoms with E-state index in [4.69, 9.17) is 10.2 Å². The number of hydrogen-bond donors (Lipinski definition) is 2. The summed E-state index contributed by atoms with van der Waals surface area (Å²) >= 11 is 1.80. The van der Waals surface area contributed by atoms with Crippen molar-refractivity contribution < 1.29 is 9.21 Å². The second kappa shape index (κ2) is 7.90. The molecule has 1 heterocycles. The maximum atomic E-state index is 12.2. The van der Waals surface area contributed by atoms with E-state index in [0.29, 0.717) is 11.3 Å². The zero-order valence-electron chi connectivity index (χ0n) is 13.8. The molecular weight excluding hydrogens is 332 g/mol. The van der Waals surface area contributed by atoms with Crippen molar-refractivity contribution in [2.24, 2.45) is 5.73 Å². The first-order chi connectivity index (χ1) is 10.3. The summed E-state index contributed by atoms with van der Waals surface area (Å²) in [5.74, 6) is 0.404. The van der Waals surface area contributed by atoms with Crippen LogP contribution in [0, 0.1) is 6.92 Å². The smallest absolute Gasteiger partial charge is 0.258 e. The third kappa shape index (κ3) is 5.61. The lowest BCUT2D eigenvalue weighted by Crippen LogP contribution is -2.12. The fourth-order valence-corrected chi connectivity index (χ4v) is 3.07. The van der Waals surface area contributed by atoms with Crippen LogP contribution in [0.1, 0.15) is 42.5 Å². The van der Waals surface area contributed by atoms with Gasteiger partial charge in [0.05, 0.1) is 12.1 Å². The highest BCUT2D eigenvalue weighted by Crippen LogP contribution is 2.33. The largest absolute Gasteiger partial charge is 0.467 e. The molecule has 2 aromatic rings. The van der Waals surface area contributed by atoms with E-state index in [1.165, 1.54) is 11.2 Å². The Kier molecular flexibility index (Phi) is 6.74. The molecule has 0 radical (unpaired) electrons. The quantitative estimate of drug-likeness (QED) is 0.786. The van der Waals surface area contributed by atoms with Crippen molar-refractivity contribution >= 4 is 35.8 Å². The summed E-state index contributed by atoms with van der Waals surface area (Å²) in [6.45, 7) is 8.80. The molecule has 23 heavy (non-hydrogen) atoms. The first-order valence-electron chi connectivity index (χ1n) is 7.17. The zero-order valence-corrected chi connectivity index (χ0v) is 15.4. The molecule has 0 saturated heterocycles. The lowest BCUT2D eigenvalue weighted by molar-refractivity contribution is 0.102. The number of nitrogens with one attached hydrogen (secondary N) is 1. The van der Waals surface area contributed by atoms with Crippen LogP contribution in [0.5, 0.6) is 0 Å². The molecule has 0 aliphatic heterocycles. The van der Waals surface area contributed by atoms with Gasteiger partial charge in [-0.05, 0) is 36.8 Å². The van der Waals surface area contributed by atoms with Crippen LogP contribution in [0.25, 0.3) is 0 Å². The first-order valence-corrected chi connectivity index (χ1v) is 7.98. The van der Waals surface area contributed by atoms with E-state index < -0.39 is 0 Å². The SMILES string of the molecule is Cc1cc(SC(C)(C)C)ccc1NC(=O)c1coc(CN)c1.Cl. The van der Waals surface area contributed by atoms with Gasteiger partial charge in [-0.3, -0.25) is 4.79 Å². The molecule has 126 valence electrons. The number of carbonyl (C=O) groups is 1. The second-order valence-electron chi connectivity index (χ2n) is 6.15. The van der Waals surface area contributed by atoms with E-state index in [9.17, 15) is 4.79 Å². The van der Waals surface area contributed by atoms with Crippen molar-refractivity contribution in [3.63, 3.8) is 0 Å². The number of carbonyl (C=O) groups excluding carboxylic acids is 1. The van der Waals surface area contributed by atoms with Crippen LogP contribution in [0.2, 0.25) is 0 Å². The van der Waals surface area contributed by atoms with Crippen molar-refractivity contribution in [1.29, 1.82) is 0 Å². The summed E-state index contributed by atoms with van der Waals surface area (Å²) in [4.78, 5) is 13.4. The Morgan fingerprint density at radius 3 is 2.52 bits per heavy atom.